The van der Waals surface area contributed by atoms with Crippen molar-refractivity contribution in [3.8, 4) is 5.75 Å². The summed E-state index contributed by atoms with van der Waals surface area (Å²) in [5.74, 6) is -0.0665. The molecule has 0 fully saturated rings. The monoisotopic (exact) mass is 453 g/mol. The highest BCUT2D eigenvalue weighted by atomic mass is 16.3. The second kappa shape index (κ2) is 8.68. The van der Waals surface area contributed by atoms with Gasteiger partial charge >= 0.3 is 0 Å². The van der Waals surface area contributed by atoms with Gasteiger partial charge in [0, 0.05) is 34.8 Å². The molecule has 1 aromatic heterocycles. The first-order valence-electron chi connectivity index (χ1n) is 11.3. The van der Waals surface area contributed by atoms with E-state index in [1.165, 1.54) is 0 Å². The maximum atomic E-state index is 13.4. The minimum absolute atomic E-state index is 0.0350. The Morgan fingerprint density at radius 2 is 1.94 bits per heavy atom. The zero-order valence-electron chi connectivity index (χ0n) is 18.7. The Balaban J connectivity index is 1.62. The maximum absolute atomic E-state index is 13.4. The molecule has 5 rings (SSSR count). The molecule has 0 bridgehead atoms. The molecule has 1 aliphatic rings. The number of rotatable bonds is 5. The number of nitrogen functional groups attached to an aromatic ring is 1. The molecule has 34 heavy (non-hydrogen) atoms. The third kappa shape index (κ3) is 4.13. The average molecular weight is 454 g/mol. The molecule has 7 heteroatoms. The van der Waals surface area contributed by atoms with E-state index in [-0.39, 0.29) is 23.5 Å². The van der Waals surface area contributed by atoms with Crippen LogP contribution in [-0.4, -0.2) is 27.5 Å². The largest absolute Gasteiger partial charge is 0.508 e. The molecular formula is C27H27N5O2. The van der Waals surface area contributed by atoms with E-state index in [1.807, 2.05) is 53.1 Å². The fourth-order valence-electron chi connectivity index (χ4n) is 4.63. The molecule has 7 nitrogen and oxygen atoms in total. The summed E-state index contributed by atoms with van der Waals surface area (Å²) in [7, 11) is 0. The van der Waals surface area contributed by atoms with Crippen LogP contribution in [0.3, 0.4) is 0 Å². The number of amidine groups is 1. The Labute approximate surface area is 197 Å². The molecule has 1 heterocycles. The summed E-state index contributed by atoms with van der Waals surface area (Å²) < 4.78 is 1.92. The molecule has 172 valence electrons. The van der Waals surface area contributed by atoms with Crippen molar-refractivity contribution >= 4 is 33.4 Å². The summed E-state index contributed by atoms with van der Waals surface area (Å²) in [5.41, 5.74) is 15.4. The topological polar surface area (TPSA) is 130 Å². The molecule has 0 aliphatic heterocycles. The third-order valence-corrected chi connectivity index (χ3v) is 6.43. The van der Waals surface area contributed by atoms with E-state index in [4.69, 9.17) is 16.9 Å². The Kier molecular flexibility index (Phi) is 5.55. The first kappa shape index (κ1) is 21.7. The first-order chi connectivity index (χ1) is 16.4. The van der Waals surface area contributed by atoms with Gasteiger partial charge in [-0.2, -0.15) is 0 Å². The number of nitrogens with zero attached hydrogens (tertiary/aromatic N) is 1. The lowest BCUT2D eigenvalue weighted by Crippen LogP contribution is -2.30. The SMILES string of the molecule is N=C(N)c1ccc2cc(C(=O)NC3=CC[C@@H](N)CC3)n(Cc3cc(O)cc4ccccc34)c2c1. The van der Waals surface area contributed by atoms with Gasteiger partial charge in [-0.25, -0.2) is 0 Å². The van der Waals surface area contributed by atoms with Crippen LogP contribution in [0, 0.1) is 5.41 Å². The fraction of sp³-hybridized carbons (Fsp3) is 0.185. The fourth-order valence-corrected chi connectivity index (χ4v) is 4.63. The number of nitrogens with one attached hydrogen (secondary N) is 2. The van der Waals surface area contributed by atoms with Crippen molar-refractivity contribution in [3.63, 3.8) is 0 Å². The van der Waals surface area contributed by atoms with Gasteiger partial charge in [-0.3, -0.25) is 10.2 Å². The van der Waals surface area contributed by atoms with Gasteiger partial charge in [-0.05, 0) is 59.9 Å². The van der Waals surface area contributed by atoms with E-state index < -0.39 is 0 Å². The molecular weight excluding hydrogens is 426 g/mol. The molecule has 4 aromatic rings. The highest BCUT2D eigenvalue weighted by Crippen LogP contribution is 2.29. The van der Waals surface area contributed by atoms with Crippen LogP contribution in [0.15, 0.2) is 72.4 Å². The predicted octanol–water partition coefficient (Wildman–Crippen LogP) is 3.96. The van der Waals surface area contributed by atoms with Crippen molar-refractivity contribution in [2.75, 3.05) is 0 Å². The molecule has 0 unspecified atom stereocenters. The number of nitrogens with two attached hydrogens (primary N) is 2. The van der Waals surface area contributed by atoms with Gasteiger partial charge < -0.3 is 26.5 Å². The van der Waals surface area contributed by atoms with Crippen molar-refractivity contribution in [2.24, 2.45) is 11.5 Å². The van der Waals surface area contributed by atoms with Crippen LogP contribution in [0.1, 0.15) is 40.9 Å². The molecule has 3 aromatic carbocycles. The Morgan fingerprint density at radius 1 is 1.12 bits per heavy atom. The van der Waals surface area contributed by atoms with E-state index in [0.29, 0.717) is 17.8 Å². The number of carbonyl (C=O) groups excluding carboxylic acids is 1. The zero-order valence-corrected chi connectivity index (χ0v) is 18.7. The van der Waals surface area contributed by atoms with E-state index >= 15 is 0 Å². The number of benzene rings is 3. The Morgan fingerprint density at radius 3 is 2.71 bits per heavy atom. The molecule has 0 spiro atoms. The molecule has 0 saturated heterocycles. The lowest BCUT2D eigenvalue weighted by Gasteiger charge is -2.19. The summed E-state index contributed by atoms with van der Waals surface area (Å²) in [6.45, 7) is 0.368. The average Bonchev–Trinajstić information content (AvgIpc) is 3.18. The van der Waals surface area contributed by atoms with Crippen molar-refractivity contribution in [2.45, 2.75) is 31.8 Å². The molecule has 7 N–H and O–H groups in total. The number of phenols is 1. The van der Waals surface area contributed by atoms with E-state index in [2.05, 4.69) is 5.32 Å². The van der Waals surface area contributed by atoms with Crippen LogP contribution in [0.25, 0.3) is 21.7 Å². The number of allylic oxidation sites excluding steroid dienone is 1. The highest BCUT2D eigenvalue weighted by molar-refractivity contribution is 6.03. The normalized spacial score (nSPS) is 15.9. The van der Waals surface area contributed by atoms with Crippen LogP contribution < -0.4 is 16.8 Å². The summed E-state index contributed by atoms with van der Waals surface area (Å²) >= 11 is 0. The van der Waals surface area contributed by atoms with Crippen LogP contribution in [0.5, 0.6) is 5.75 Å². The molecule has 0 saturated carbocycles. The van der Waals surface area contributed by atoms with Crippen molar-refractivity contribution in [1.82, 2.24) is 9.88 Å². The summed E-state index contributed by atoms with van der Waals surface area (Å²) in [6, 6.07) is 18.8. The first-order valence-corrected chi connectivity index (χ1v) is 11.3. The number of hydrogen-bond acceptors (Lipinski definition) is 4. The number of aromatic hydroxyl groups is 1. The van der Waals surface area contributed by atoms with Crippen LogP contribution >= 0.6 is 0 Å². The quantitative estimate of drug-likeness (QED) is 0.231. The van der Waals surface area contributed by atoms with E-state index in [1.54, 1.807) is 18.2 Å². The molecule has 1 aliphatic carbocycles. The smallest absolute Gasteiger partial charge is 0.272 e. The van der Waals surface area contributed by atoms with Gasteiger partial charge in [-0.1, -0.05) is 42.5 Å². The van der Waals surface area contributed by atoms with E-state index in [9.17, 15) is 9.90 Å². The van der Waals surface area contributed by atoms with E-state index in [0.717, 1.165) is 52.2 Å². The zero-order chi connectivity index (χ0) is 23.8. The summed E-state index contributed by atoms with van der Waals surface area (Å²) in [4.78, 5) is 13.4. The standard InChI is InChI=1S/C27H27N5O2/c28-20-7-9-21(10-8-20)31-27(34)25-13-17-5-6-18(26(29)30)14-24(17)32(25)15-19-12-22(33)11-16-3-1-2-4-23(16)19/h1-6,9,11-14,20,33H,7-8,10,15,28H2,(H3,29,30)(H,31,34)/t20-/m1/s1. The number of carbonyl (C=O) groups is 1. The minimum Gasteiger partial charge on any atom is -0.508 e. The summed E-state index contributed by atoms with van der Waals surface area (Å²) in [6.07, 6.45) is 4.32. The number of hydrogen-bond donors (Lipinski definition) is 5. The van der Waals surface area contributed by atoms with Crippen LogP contribution in [0.2, 0.25) is 0 Å². The van der Waals surface area contributed by atoms with Crippen molar-refractivity contribution < 1.29 is 9.90 Å². The predicted molar refractivity (Wildman–Crippen MR) is 135 cm³/mol. The van der Waals surface area contributed by atoms with Crippen molar-refractivity contribution in [3.05, 3.63) is 89.3 Å². The molecule has 1 atom stereocenters. The highest BCUT2D eigenvalue weighted by Gasteiger charge is 2.20. The number of fused-ring (bicyclic) bond motifs is 2. The lowest BCUT2D eigenvalue weighted by atomic mass is 10.00. The molecule has 0 radical (unpaired) electrons. The van der Waals surface area contributed by atoms with Gasteiger partial charge in [-0.15, -0.1) is 0 Å². The third-order valence-electron chi connectivity index (χ3n) is 6.43. The number of aromatic nitrogens is 1. The maximum Gasteiger partial charge on any atom is 0.272 e. The second-order valence-corrected chi connectivity index (χ2v) is 8.85. The number of amides is 1. The van der Waals surface area contributed by atoms with Gasteiger partial charge in [0.2, 0.25) is 0 Å². The lowest BCUT2D eigenvalue weighted by molar-refractivity contribution is 0.0955. The van der Waals surface area contributed by atoms with Gasteiger partial charge in [0.05, 0.1) is 0 Å². The van der Waals surface area contributed by atoms with Gasteiger partial charge in [0.1, 0.15) is 17.3 Å². The van der Waals surface area contributed by atoms with Crippen molar-refractivity contribution in [1.29, 1.82) is 5.41 Å². The number of phenolic OH excluding ortho intramolecular Hbond substituents is 1. The van der Waals surface area contributed by atoms with Crippen LogP contribution in [0.4, 0.5) is 0 Å². The van der Waals surface area contributed by atoms with Gasteiger partial charge in [0.25, 0.3) is 5.91 Å². The molecule has 1 amide bonds. The summed E-state index contributed by atoms with van der Waals surface area (Å²) in [5, 5.41) is 24.0. The second-order valence-electron chi connectivity index (χ2n) is 8.85. The Bertz CT molecular complexity index is 1470. The Hall–Kier alpha value is -4.10. The van der Waals surface area contributed by atoms with Gasteiger partial charge in [0.15, 0.2) is 0 Å². The minimum atomic E-state index is -0.202. The van der Waals surface area contributed by atoms with Crippen LogP contribution in [-0.2, 0) is 6.54 Å².